The van der Waals surface area contributed by atoms with Gasteiger partial charge in [-0.1, -0.05) is 25.8 Å². The van der Waals surface area contributed by atoms with Crippen LogP contribution in [0.15, 0.2) is 18.2 Å². The Labute approximate surface area is 108 Å². The van der Waals surface area contributed by atoms with E-state index in [1.54, 1.807) is 6.07 Å². The number of hydrogen-bond donors (Lipinski definition) is 1. The highest BCUT2D eigenvalue weighted by Gasteiger charge is 2.16. The van der Waals surface area contributed by atoms with Gasteiger partial charge in [0.1, 0.15) is 0 Å². The first-order valence-electron chi connectivity index (χ1n) is 6.45. The molecule has 1 aromatic carbocycles. The smallest absolute Gasteiger partial charge is 0.159 e. The van der Waals surface area contributed by atoms with E-state index >= 15 is 0 Å². The largest absolute Gasteiger partial charge is 0.329 e. The van der Waals surface area contributed by atoms with Crippen molar-refractivity contribution >= 4 is 0 Å². The van der Waals surface area contributed by atoms with Crippen LogP contribution >= 0.6 is 0 Å². The fourth-order valence-electron chi connectivity index (χ4n) is 2.06. The van der Waals surface area contributed by atoms with Gasteiger partial charge in [0.25, 0.3) is 0 Å². The fraction of sp³-hybridized carbons (Fsp3) is 0.571. The van der Waals surface area contributed by atoms with E-state index in [0.29, 0.717) is 6.54 Å². The molecule has 0 aromatic heterocycles. The molecule has 1 aromatic rings. The molecule has 0 saturated heterocycles. The van der Waals surface area contributed by atoms with Gasteiger partial charge in [-0.2, -0.15) is 0 Å². The number of rotatable bonds is 7. The molecule has 1 unspecified atom stereocenters. The summed E-state index contributed by atoms with van der Waals surface area (Å²) in [6.07, 6.45) is 3.42. The molecule has 0 aliphatic heterocycles. The summed E-state index contributed by atoms with van der Waals surface area (Å²) >= 11 is 0. The predicted molar refractivity (Wildman–Crippen MR) is 70.3 cm³/mol. The van der Waals surface area contributed by atoms with E-state index in [-0.39, 0.29) is 6.04 Å². The van der Waals surface area contributed by atoms with Crippen molar-refractivity contribution < 1.29 is 8.78 Å². The third kappa shape index (κ3) is 4.03. The van der Waals surface area contributed by atoms with Gasteiger partial charge in [-0.3, -0.25) is 4.90 Å². The van der Waals surface area contributed by atoms with Gasteiger partial charge in [0.2, 0.25) is 0 Å². The van der Waals surface area contributed by atoms with Crippen molar-refractivity contribution in [1.29, 1.82) is 0 Å². The zero-order chi connectivity index (χ0) is 13.5. The zero-order valence-electron chi connectivity index (χ0n) is 11.1. The van der Waals surface area contributed by atoms with E-state index in [9.17, 15) is 8.78 Å². The summed E-state index contributed by atoms with van der Waals surface area (Å²) in [5.41, 5.74) is 6.47. The van der Waals surface area contributed by atoms with E-state index in [1.165, 1.54) is 12.5 Å². The Morgan fingerprint density at radius 1 is 1.22 bits per heavy atom. The molecule has 0 radical (unpaired) electrons. The lowest BCUT2D eigenvalue weighted by atomic mass is 10.0. The standard InChI is InChI=1S/C14H22F2N2/c1-3-4-5-8-18(2)14(10-17)11-6-7-12(15)13(16)9-11/h6-7,9,14H,3-5,8,10,17H2,1-2H3. The highest BCUT2D eigenvalue weighted by atomic mass is 19.2. The lowest BCUT2D eigenvalue weighted by Crippen LogP contribution is -2.31. The molecule has 0 spiro atoms. The van der Waals surface area contributed by atoms with Gasteiger partial charge in [-0.05, 0) is 37.7 Å². The number of hydrogen-bond acceptors (Lipinski definition) is 2. The number of nitrogens with two attached hydrogens (primary N) is 1. The molecule has 4 heteroatoms. The van der Waals surface area contributed by atoms with Crippen LogP contribution in [-0.2, 0) is 0 Å². The molecular weight excluding hydrogens is 234 g/mol. The summed E-state index contributed by atoms with van der Waals surface area (Å²) in [6, 6.07) is 3.94. The third-order valence-corrected chi connectivity index (χ3v) is 3.20. The molecule has 2 nitrogen and oxygen atoms in total. The Morgan fingerprint density at radius 2 is 1.94 bits per heavy atom. The van der Waals surface area contributed by atoms with Crippen LogP contribution in [0.25, 0.3) is 0 Å². The number of nitrogens with zero attached hydrogens (tertiary/aromatic N) is 1. The summed E-state index contributed by atoms with van der Waals surface area (Å²) in [7, 11) is 1.97. The predicted octanol–water partition coefficient (Wildman–Crippen LogP) is 3.09. The van der Waals surface area contributed by atoms with E-state index in [2.05, 4.69) is 11.8 Å². The number of halogens is 2. The first kappa shape index (κ1) is 15.1. The van der Waals surface area contributed by atoms with Crippen LogP contribution in [0, 0.1) is 11.6 Å². The molecule has 1 rings (SSSR count). The topological polar surface area (TPSA) is 29.3 Å². The SMILES string of the molecule is CCCCCN(C)C(CN)c1ccc(F)c(F)c1. The van der Waals surface area contributed by atoms with E-state index in [1.807, 2.05) is 7.05 Å². The second-order valence-corrected chi connectivity index (χ2v) is 4.61. The van der Waals surface area contributed by atoms with Gasteiger partial charge in [0, 0.05) is 12.6 Å². The molecule has 0 aliphatic rings. The van der Waals surface area contributed by atoms with E-state index < -0.39 is 11.6 Å². The van der Waals surface area contributed by atoms with Crippen LogP contribution in [0.4, 0.5) is 8.78 Å². The highest BCUT2D eigenvalue weighted by molar-refractivity contribution is 5.21. The molecule has 0 amide bonds. The normalized spacial score (nSPS) is 13.0. The van der Waals surface area contributed by atoms with Gasteiger partial charge >= 0.3 is 0 Å². The van der Waals surface area contributed by atoms with Crippen molar-refractivity contribution in [3.05, 3.63) is 35.4 Å². The van der Waals surface area contributed by atoms with Crippen LogP contribution in [0.3, 0.4) is 0 Å². The first-order chi connectivity index (χ1) is 8.60. The van der Waals surface area contributed by atoms with Crippen molar-refractivity contribution in [1.82, 2.24) is 4.90 Å². The summed E-state index contributed by atoms with van der Waals surface area (Å²) in [6.45, 7) is 3.46. The maximum Gasteiger partial charge on any atom is 0.159 e. The Bertz CT molecular complexity index is 369. The van der Waals surface area contributed by atoms with Crippen molar-refractivity contribution in [3.63, 3.8) is 0 Å². The Balaban J connectivity index is 2.72. The lowest BCUT2D eigenvalue weighted by molar-refractivity contribution is 0.244. The number of unbranched alkanes of at least 4 members (excludes halogenated alkanes) is 2. The van der Waals surface area contributed by atoms with Crippen molar-refractivity contribution in [2.24, 2.45) is 5.73 Å². The van der Waals surface area contributed by atoms with Crippen molar-refractivity contribution in [3.8, 4) is 0 Å². The average Bonchev–Trinajstić information content (AvgIpc) is 2.35. The van der Waals surface area contributed by atoms with Gasteiger partial charge in [0.15, 0.2) is 11.6 Å². The van der Waals surface area contributed by atoms with Crippen molar-refractivity contribution in [2.75, 3.05) is 20.1 Å². The van der Waals surface area contributed by atoms with Gasteiger partial charge in [-0.15, -0.1) is 0 Å². The maximum absolute atomic E-state index is 13.2. The minimum atomic E-state index is -0.817. The van der Waals surface area contributed by atoms with Crippen LogP contribution in [0.5, 0.6) is 0 Å². The Hall–Kier alpha value is -1.00. The molecule has 2 N–H and O–H groups in total. The highest BCUT2D eigenvalue weighted by Crippen LogP contribution is 2.20. The number of likely N-dealkylation sites (N-methyl/N-ethyl adjacent to an activating group) is 1. The summed E-state index contributed by atoms with van der Waals surface area (Å²) in [5.74, 6) is -1.63. The zero-order valence-corrected chi connectivity index (χ0v) is 11.1. The summed E-state index contributed by atoms with van der Waals surface area (Å²) in [4.78, 5) is 2.10. The molecule has 0 bridgehead atoms. The molecule has 0 fully saturated rings. The molecule has 1 atom stereocenters. The molecule has 18 heavy (non-hydrogen) atoms. The lowest BCUT2D eigenvalue weighted by Gasteiger charge is -2.27. The second-order valence-electron chi connectivity index (χ2n) is 4.61. The first-order valence-corrected chi connectivity index (χ1v) is 6.45. The van der Waals surface area contributed by atoms with Gasteiger partial charge in [-0.25, -0.2) is 8.78 Å². The Kier molecular flexibility index (Phi) is 6.22. The van der Waals surface area contributed by atoms with Crippen LogP contribution in [0.1, 0.15) is 37.8 Å². The molecule has 0 saturated carbocycles. The van der Waals surface area contributed by atoms with E-state index in [4.69, 9.17) is 5.73 Å². The van der Waals surface area contributed by atoms with E-state index in [0.717, 1.165) is 31.0 Å². The molecular formula is C14H22F2N2. The molecule has 0 heterocycles. The minimum Gasteiger partial charge on any atom is -0.329 e. The van der Waals surface area contributed by atoms with Crippen LogP contribution < -0.4 is 5.73 Å². The number of benzene rings is 1. The molecule has 0 aliphatic carbocycles. The minimum absolute atomic E-state index is 0.0584. The molecule has 102 valence electrons. The fourth-order valence-corrected chi connectivity index (χ4v) is 2.06. The summed E-state index contributed by atoms with van der Waals surface area (Å²) < 4.78 is 26.1. The second kappa shape index (κ2) is 7.44. The van der Waals surface area contributed by atoms with Gasteiger partial charge in [0.05, 0.1) is 0 Å². The van der Waals surface area contributed by atoms with Crippen molar-refractivity contribution in [2.45, 2.75) is 32.2 Å². The van der Waals surface area contributed by atoms with Gasteiger partial charge < -0.3 is 5.73 Å². The quantitative estimate of drug-likeness (QED) is 0.760. The monoisotopic (exact) mass is 256 g/mol. The summed E-state index contributed by atoms with van der Waals surface area (Å²) in [5, 5.41) is 0. The van der Waals surface area contributed by atoms with Crippen LogP contribution in [0.2, 0.25) is 0 Å². The van der Waals surface area contributed by atoms with Crippen LogP contribution in [-0.4, -0.2) is 25.0 Å². The average molecular weight is 256 g/mol. The third-order valence-electron chi connectivity index (χ3n) is 3.20. The Morgan fingerprint density at radius 3 is 2.50 bits per heavy atom. The maximum atomic E-state index is 13.2.